The third kappa shape index (κ3) is 9.11. The predicted octanol–water partition coefficient (Wildman–Crippen LogP) is 2.57. The van der Waals surface area contributed by atoms with Crippen molar-refractivity contribution < 1.29 is 23.9 Å². The van der Waals surface area contributed by atoms with Gasteiger partial charge in [-0.3, -0.25) is 14.4 Å². The number of carbonyl (C=O) groups is 4. The lowest BCUT2D eigenvalue weighted by atomic mass is 9.97. The number of benzene rings is 1. The van der Waals surface area contributed by atoms with E-state index in [-0.39, 0.29) is 18.5 Å². The number of rotatable bonds is 10. The monoisotopic (exact) mass is 462 g/mol. The second-order valence-electron chi connectivity index (χ2n) is 9.32. The van der Waals surface area contributed by atoms with Gasteiger partial charge in [0.25, 0.3) is 0 Å². The van der Waals surface area contributed by atoms with Crippen molar-refractivity contribution in [3.05, 3.63) is 35.4 Å². The maximum absolute atomic E-state index is 13.7. The van der Waals surface area contributed by atoms with Gasteiger partial charge in [0.1, 0.15) is 17.7 Å². The Kier molecular flexibility index (Phi) is 10.3. The summed E-state index contributed by atoms with van der Waals surface area (Å²) in [6.45, 7) is 12.7. The number of ether oxygens (including phenoxy) is 1. The van der Waals surface area contributed by atoms with Crippen LogP contribution in [0.3, 0.4) is 0 Å². The molecule has 0 radical (unpaired) electrons. The van der Waals surface area contributed by atoms with Crippen molar-refractivity contribution in [1.82, 2.24) is 15.5 Å². The van der Waals surface area contributed by atoms with Crippen molar-refractivity contribution in [2.45, 2.75) is 85.0 Å². The predicted molar refractivity (Wildman–Crippen MR) is 126 cm³/mol. The molecule has 0 saturated heterocycles. The van der Waals surface area contributed by atoms with Gasteiger partial charge in [0.2, 0.25) is 17.7 Å². The van der Waals surface area contributed by atoms with Crippen LogP contribution in [0.15, 0.2) is 24.3 Å². The highest BCUT2D eigenvalue weighted by molar-refractivity contribution is 5.94. The average Bonchev–Trinajstić information content (AvgIpc) is 2.65. The van der Waals surface area contributed by atoms with Crippen molar-refractivity contribution in [1.29, 1.82) is 0 Å². The van der Waals surface area contributed by atoms with Gasteiger partial charge in [-0.05, 0) is 59.1 Å². The average molecular weight is 463 g/mol. The van der Waals surface area contributed by atoms with Crippen LogP contribution in [0, 0.1) is 6.92 Å². The summed E-state index contributed by atoms with van der Waals surface area (Å²) in [5, 5.41) is 5.34. The normalized spacial score (nSPS) is 13.1. The number of aryl methyl sites for hydroxylation is 1. The van der Waals surface area contributed by atoms with E-state index in [9.17, 15) is 19.2 Å². The van der Waals surface area contributed by atoms with Crippen LogP contribution < -0.4 is 16.4 Å². The highest BCUT2D eigenvalue weighted by Crippen LogP contribution is 2.26. The maximum Gasteiger partial charge on any atom is 0.408 e. The Morgan fingerprint density at radius 3 is 2.18 bits per heavy atom. The van der Waals surface area contributed by atoms with E-state index in [1.54, 1.807) is 32.9 Å². The number of amides is 4. The molecule has 0 aromatic heterocycles. The molecule has 0 bridgehead atoms. The molecule has 1 aromatic rings. The molecule has 2 unspecified atom stereocenters. The summed E-state index contributed by atoms with van der Waals surface area (Å²) in [6, 6.07) is 4.93. The van der Waals surface area contributed by atoms with Crippen molar-refractivity contribution >= 4 is 23.8 Å². The quantitative estimate of drug-likeness (QED) is 0.492. The van der Waals surface area contributed by atoms with Crippen LogP contribution in [0.25, 0.3) is 0 Å². The molecule has 0 aliphatic heterocycles. The first-order valence-corrected chi connectivity index (χ1v) is 11.2. The van der Waals surface area contributed by atoms with E-state index in [1.165, 1.54) is 4.90 Å². The molecule has 0 heterocycles. The fourth-order valence-electron chi connectivity index (χ4n) is 3.37. The molecular weight excluding hydrogens is 424 g/mol. The number of carbonyl (C=O) groups excluding carboxylic acids is 4. The molecule has 4 amide bonds. The van der Waals surface area contributed by atoms with Crippen LogP contribution in [0.1, 0.15) is 71.6 Å². The lowest BCUT2D eigenvalue weighted by Crippen LogP contribution is -2.54. The molecule has 1 rings (SSSR count). The number of alkyl carbamates (subject to hydrolysis) is 1. The van der Waals surface area contributed by atoms with Crippen LogP contribution in [-0.2, 0) is 19.1 Å². The number of nitrogens with two attached hydrogens (primary N) is 1. The third-order valence-electron chi connectivity index (χ3n) is 4.62. The van der Waals surface area contributed by atoms with Crippen LogP contribution in [0.4, 0.5) is 4.79 Å². The number of nitrogens with zero attached hydrogens (tertiary/aromatic N) is 1. The zero-order valence-electron chi connectivity index (χ0n) is 20.7. The molecule has 9 heteroatoms. The van der Waals surface area contributed by atoms with Gasteiger partial charge in [0, 0.05) is 12.6 Å². The standard InChI is InChI=1S/C24H38N4O5/c1-8-13-28(20(21(30)26-15(2)3)17-12-10-9-11-16(17)4)22(31)18(14-19(25)29)27-23(32)33-24(5,6)7/h9-12,15,18,20H,8,13-14H2,1-7H3,(H2,25,29)(H,26,30)(H,27,32). The molecule has 33 heavy (non-hydrogen) atoms. The lowest BCUT2D eigenvalue weighted by molar-refractivity contribution is -0.143. The van der Waals surface area contributed by atoms with E-state index in [1.807, 2.05) is 39.8 Å². The minimum Gasteiger partial charge on any atom is -0.444 e. The fraction of sp³-hybridized carbons (Fsp3) is 0.583. The number of hydrogen-bond donors (Lipinski definition) is 3. The zero-order chi connectivity index (χ0) is 25.3. The molecule has 184 valence electrons. The van der Waals surface area contributed by atoms with E-state index in [4.69, 9.17) is 10.5 Å². The summed E-state index contributed by atoms with van der Waals surface area (Å²) in [5.41, 5.74) is 6.06. The van der Waals surface area contributed by atoms with Gasteiger partial charge in [0.05, 0.1) is 6.42 Å². The second kappa shape index (κ2) is 12.2. The Bertz CT molecular complexity index is 848. The summed E-state index contributed by atoms with van der Waals surface area (Å²) < 4.78 is 5.25. The van der Waals surface area contributed by atoms with Crippen LogP contribution in [-0.4, -0.2) is 52.9 Å². The Labute approximate surface area is 196 Å². The molecule has 2 atom stereocenters. The molecular formula is C24H38N4O5. The summed E-state index contributed by atoms with van der Waals surface area (Å²) in [5.74, 6) is -1.70. The van der Waals surface area contributed by atoms with Crippen LogP contribution in [0.2, 0.25) is 0 Å². The van der Waals surface area contributed by atoms with Gasteiger partial charge in [-0.2, -0.15) is 0 Å². The van der Waals surface area contributed by atoms with E-state index in [2.05, 4.69) is 10.6 Å². The third-order valence-corrected chi connectivity index (χ3v) is 4.62. The highest BCUT2D eigenvalue weighted by atomic mass is 16.6. The minimum atomic E-state index is -1.28. The summed E-state index contributed by atoms with van der Waals surface area (Å²) >= 11 is 0. The highest BCUT2D eigenvalue weighted by Gasteiger charge is 2.37. The van der Waals surface area contributed by atoms with Gasteiger partial charge in [-0.1, -0.05) is 31.2 Å². The van der Waals surface area contributed by atoms with Gasteiger partial charge in [0.15, 0.2) is 0 Å². The van der Waals surface area contributed by atoms with Crippen LogP contribution in [0.5, 0.6) is 0 Å². The second-order valence-corrected chi connectivity index (χ2v) is 9.32. The Balaban J connectivity index is 3.44. The van der Waals surface area contributed by atoms with Crippen molar-refractivity contribution in [3.63, 3.8) is 0 Å². The smallest absolute Gasteiger partial charge is 0.408 e. The molecule has 0 spiro atoms. The number of primary amides is 1. The van der Waals surface area contributed by atoms with Crippen molar-refractivity contribution in [3.8, 4) is 0 Å². The van der Waals surface area contributed by atoms with E-state index < -0.39 is 42.0 Å². The molecule has 0 aliphatic carbocycles. The largest absolute Gasteiger partial charge is 0.444 e. The number of nitrogens with one attached hydrogen (secondary N) is 2. The van der Waals surface area contributed by atoms with Gasteiger partial charge in [-0.15, -0.1) is 0 Å². The molecule has 0 aliphatic rings. The maximum atomic E-state index is 13.7. The van der Waals surface area contributed by atoms with Gasteiger partial charge in [-0.25, -0.2) is 4.79 Å². The van der Waals surface area contributed by atoms with Crippen molar-refractivity contribution in [2.24, 2.45) is 5.73 Å². The Hall–Kier alpha value is -3.10. The molecule has 1 aromatic carbocycles. The Morgan fingerprint density at radius 1 is 1.09 bits per heavy atom. The first-order valence-electron chi connectivity index (χ1n) is 11.2. The SMILES string of the molecule is CCCN(C(=O)C(CC(N)=O)NC(=O)OC(C)(C)C)C(C(=O)NC(C)C)c1ccccc1C. The van der Waals surface area contributed by atoms with Gasteiger partial charge < -0.3 is 26.0 Å². The minimum absolute atomic E-state index is 0.149. The summed E-state index contributed by atoms with van der Waals surface area (Å²) in [6.07, 6.45) is -0.721. The number of hydrogen-bond acceptors (Lipinski definition) is 5. The first kappa shape index (κ1) is 27.9. The van der Waals surface area contributed by atoms with Crippen molar-refractivity contribution in [2.75, 3.05) is 6.54 Å². The Morgan fingerprint density at radius 2 is 1.70 bits per heavy atom. The fourth-order valence-corrected chi connectivity index (χ4v) is 3.37. The lowest BCUT2D eigenvalue weighted by Gasteiger charge is -2.35. The topological polar surface area (TPSA) is 131 Å². The summed E-state index contributed by atoms with van der Waals surface area (Å²) in [4.78, 5) is 52.4. The first-order chi connectivity index (χ1) is 15.3. The summed E-state index contributed by atoms with van der Waals surface area (Å²) in [7, 11) is 0. The molecule has 4 N–H and O–H groups in total. The van der Waals surface area contributed by atoms with E-state index in [0.29, 0.717) is 12.0 Å². The zero-order valence-corrected chi connectivity index (χ0v) is 20.7. The molecule has 9 nitrogen and oxygen atoms in total. The molecule has 0 saturated carbocycles. The van der Waals surface area contributed by atoms with E-state index >= 15 is 0 Å². The molecule has 0 fully saturated rings. The van der Waals surface area contributed by atoms with E-state index in [0.717, 1.165) is 5.56 Å². The van der Waals surface area contributed by atoms with Gasteiger partial charge >= 0.3 is 6.09 Å². The van der Waals surface area contributed by atoms with Crippen LogP contribution >= 0.6 is 0 Å².